The van der Waals surface area contributed by atoms with Gasteiger partial charge in [0.1, 0.15) is 5.69 Å². The standard InChI is InChI=1S/C17H21N3O/c1-3-10-20(12-14-6-4-13(2)5-7-14)17(21)16-9-8-15(18)11-19-16/h4-9,11H,3,10,12,18H2,1-2H3. The van der Waals surface area contributed by atoms with Crippen LogP contribution >= 0.6 is 0 Å². The fourth-order valence-corrected chi connectivity index (χ4v) is 2.13. The van der Waals surface area contributed by atoms with E-state index in [4.69, 9.17) is 5.73 Å². The molecular weight excluding hydrogens is 262 g/mol. The molecule has 0 radical (unpaired) electrons. The molecule has 110 valence electrons. The van der Waals surface area contributed by atoms with Crippen LogP contribution in [0.3, 0.4) is 0 Å². The largest absolute Gasteiger partial charge is 0.397 e. The Morgan fingerprint density at radius 1 is 1.19 bits per heavy atom. The van der Waals surface area contributed by atoms with Crippen LogP contribution in [-0.2, 0) is 6.54 Å². The van der Waals surface area contributed by atoms with Crippen LogP contribution in [0, 0.1) is 6.92 Å². The fourth-order valence-electron chi connectivity index (χ4n) is 2.13. The van der Waals surface area contributed by atoms with E-state index in [0.29, 0.717) is 24.5 Å². The average molecular weight is 283 g/mol. The van der Waals surface area contributed by atoms with E-state index in [1.807, 2.05) is 4.90 Å². The minimum absolute atomic E-state index is 0.0579. The number of nitrogen functional groups attached to an aromatic ring is 1. The molecule has 0 aliphatic carbocycles. The van der Waals surface area contributed by atoms with E-state index in [1.165, 1.54) is 11.8 Å². The normalized spacial score (nSPS) is 10.4. The Hall–Kier alpha value is -2.36. The van der Waals surface area contributed by atoms with Gasteiger partial charge in [-0.15, -0.1) is 0 Å². The van der Waals surface area contributed by atoms with Crippen molar-refractivity contribution in [2.75, 3.05) is 12.3 Å². The summed E-state index contributed by atoms with van der Waals surface area (Å²) in [5.41, 5.74) is 8.95. The molecule has 1 amide bonds. The van der Waals surface area contributed by atoms with Gasteiger partial charge in [0.15, 0.2) is 0 Å². The van der Waals surface area contributed by atoms with E-state index in [-0.39, 0.29) is 5.91 Å². The predicted molar refractivity (Wildman–Crippen MR) is 84.9 cm³/mol. The zero-order valence-electron chi connectivity index (χ0n) is 12.5. The van der Waals surface area contributed by atoms with Gasteiger partial charge in [0, 0.05) is 13.1 Å². The number of pyridine rings is 1. The van der Waals surface area contributed by atoms with Gasteiger partial charge in [0.05, 0.1) is 11.9 Å². The highest BCUT2D eigenvalue weighted by Gasteiger charge is 2.16. The van der Waals surface area contributed by atoms with E-state index in [2.05, 4.69) is 43.1 Å². The first kappa shape index (κ1) is 15.0. The number of carbonyl (C=O) groups excluding carboxylic acids is 1. The first-order valence-electron chi connectivity index (χ1n) is 7.16. The molecule has 0 bridgehead atoms. The van der Waals surface area contributed by atoms with Crippen molar-refractivity contribution in [1.29, 1.82) is 0 Å². The molecule has 2 aromatic rings. The lowest BCUT2D eigenvalue weighted by molar-refractivity contribution is 0.0737. The Bertz CT molecular complexity index is 590. The Morgan fingerprint density at radius 2 is 1.90 bits per heavy atom. The summed E-state index contributed by atoms with van der Waals surface area (Å²) >= 11 is 0. The van der Waals surface area contributed by atoms with Gasteiger partial charge in [-0.3, -0.25) is 4.79 Å². The third kappa shape index (κ3) is 4.05. The van der Waals surface area contributed by atoms with Gasteiger partial charge in [-0.25, -0.2) is 4.98 Å². The van der Waals surface area contributed by atoms with Gasteiger partial charge >= 0.3 is 0 Å². The Morgan fingerprint density at radius 3 is 2.48 bits per heavy atom. The van der Waals surface area contributed by atoms with Crippen molar-refractivity contribution in [3.8, 4) is 0 Å². The van der Waals surface area contributed by atoms with Crippen LogP contribution in [0.1, 0.15) is 35.0 Å². The van der Waals surface area contributed by atoms with Gasteiger partial charge in [-0.05, 0) is 31.0 Å². The van der Waals surface area contributed by atoms with Crippen LogP contribution in [0.15, 0.2) is 42.6 Å². The van der Waals surface area contributed by atoms with Gasteiger partial charge < -0.3 is 10.6 Å². The van der Waals surface area contributed by atoms with Crippen molar-refractivity contribution >= 4 is 11.6 Å². The van der Waals surface area contributed by atoms with Crippen molar-refractivity contribution < 1.29 is 4.79 Å². The highest BCUT2D eigenvalue weighted by Crippen LogP contribution is 2.11. The average Bonchev–Trinajstić information content (AvgIpc) is 2.49. The lowest BCUT2D eigenvalue weighted by atomic mass is 10.1. The quantitative estimate of drug-likeness (QED) is 0.917. The molecule has 0 atom stereocenters. The smallest absolute Gasteiger partial charge is 0.272 e. The van der Waals surface area contributed by atoms with E-state index in [9.17, 15) is 4.79 Å². The summed E-state index contributed by atoms with van der Waals surface area (Å²) in [5, 5.41) is 0. The number of aryl methyl sites for hydroxylation is 1. The topological polar surface area (TPSA) is 59.2 Å². The van der Waals surface area contributed by atoms with E-state index < -0.39 is 0 Å². The van der Waals surface area contributed by atoms with Crippen LogP contribution in [0.25, 0.3) is 0 Å². The molecule has 4 nitrogen and oxygen atoms in total. The second-order valence-electron chi connectivity index (χ2n) is 5.19. The summed E-state index contributed by atoms with van der Waals surface area (Å²) in [6.45, 7) is 5.42. The number of benzene rings is 1. The maximum absolute atomic E-state index is 12.5. The molecule has 4 heteroatoms. The summed E-state index contributed by atoms with van der Waals surface area (Å²) < 4.78 is 0. The molecule has 21 heavy (non-hydrogen) atoms. The molecule has 1 aromatic heterocycles. The second kappa shape index (κ2) is 6.88. The first-order chi connectivity index (χ1) is 10.1. The van der Waals surface area contributed by atoms with Gasteiger partial charge in [0.2, 0.25) is 0 Å². The summed E-state index contributed by atoms with van der Waals surface area (Å²) in [6, 6.07) is 11.6. The van der Waals surface area contributed by atoms with Crippen molar-refractivity contribution in [2.45, 2.75) is 26.8 Å². The number of rotatable bonds is 5. The van der Waals surface area contributed by atoms with E-state index >= 15 is 0 Å². The van der Waals surface area contributed by atoms with Crippen LogP contribution in [-0.4, -0.2) is 22.3 Å². The van der Waals surface area contributed by atoms with E-state index in [0.717, 1.165) is 12.0 Å². The zero-order valence-corrected chi connectivity index (χ0v) is 12.5. The minimum Gasteiger partial charge on any atom is -0.397 e. The lowest BCUT2D eigenvalue weighted by Crippen LogP contribution is -2.31. The molecular formula is C17H21N3O. The highest BCUT2D eigenvalue weighted by molar-refractivity contribution is 5.92. The summed E-state index contributed by atoms with van der Waals surface area (Å²) in [6.07, 6.45) is 2.43. The molecule has 0 aliphatic rings. The maximum atomic E-state index is 12.5. The van der Waals surface area contributed by atoms with Crippen LogP contribution < -0.4 is 5.73 Å². The fraction of sp³-hybridized carbons (Fsp3) is 0.294. The maximum Gasteiger partial charge on any atom is 0.272 e. The first-order valence-corrected chi connectivity index (χ1v) is 7.16. The Balaban J connectivity index is 2.15. The predicted octanol–water partition coefficient (Wildman–Crippen LogP) is 3.02. The van der Waals surface area contributed by atoms with Crippen LogP contribution in [0.5, 0.6) is 0 Å². The number of carbonyl (C=O) groups is 1. The lowest BCUT2D eigenvalue weighted by Gasteiger charge is -2.22. The molecule has 0 spiro atoms. The van der Waals surface area contributed by atoms with Gasteiger partial charge in [-0.2, -0.15) is 0 Å². The zero-order chi connectivity index (χ0) is 15.2. The number of nitrogens with zero attached hydrogens (tertiary/aromatic N) is 2. The molecule has 0 unspecified atom stereocenters. The third-order valence-corrected chi connectivity index (χ3v) is 3.28. The molecule has 0 fully saturated rings. The molecule has 2 N–H and O–H groups in total. The molecule has 2 rings (SSSR count). The highest BCUT2D eigenvalue weighted by atomic mass is 16.2. The second-order valence-corrected chi connectivity index (χ2v) is 5.19. The summed E-state index contributed by atoms with van der Waals surface area (Å²) in [7, 11) is 0. The number of nitrogens with two attached hydrogens (primary N) is 1. The Kier molecular flexibility index (Phi) is 4.93. The number of hydrogen-bond acceptors (Lipinski definition) is 3. The number of aromatic nitrogens is 1. The van der Waals surface area contributed by atoms with Crippen molar-refractivity contribution in [2.24, 2.45) is 0 Å². The monoisotopic (exact) mass is 283 g/mol. The van der Waals surface area contributed by atoms with Crippen LogP contribution in [0.4, 0.5) is 5.69 Å². The third-order valence-electron chi connectivity index (χ3n) is 3.28. The molecule has 0 saturated carbocycles. The molecule has 1 aromatic carbocycles. The number of anilines is 1. The summed E-state index contributed by atoms with van der Waals surface area (Å²) in [4.78, 5) is 18.5. The van der Waals surface area contributed by atoms with Crippen molar-refractivity contribution in [1.82, 2.24) is 9.88 Å². The summed E-state index contributed by atoms with van der Waals surface area (Å²) in [5.74, 6) is -0.0579. The van der Waals surface area contributed by atoms with E-state index in [1.54, 1.807) is 12.1 Å². The molecule has 0 saturated heterocycles. The number of amides is 1. The van der Waals surface area contributed by atoms with Crippen molar-refractivity contribution in [3.63, 3.8) is 0 Å². The minimum atomic E-state index is -0.0579. The molecule has 0 aliphatic heterocycles. The van der Waals surface area contributed by atoms with Gasteiger partial charge in [0.25, 0.3) is 5.91 Å². The van der Waals surface area contributed by atoms with Gasteiger partial charge in [-0.1, -0.05) is 36.8 Å². The Labute approximate surface area is 125 Å². The number of hydrogen-bond donors (Lipinski definition) is 1. The van der Waals surface area contributed by atoms with Crippen LogP contribution in [0.2, 0.25) is 0 Å². The molecule has 1 heterocycles. The van der Waals surface area contributed by atoms with Crippen molar-refractivity contribution in [3.05, 3.63) is 59.4 Å². The SMILES string of the molecule is CCCN(Cc1ccc(C)cc1)C(=O)c1ccc(N)cn1.